The number of methoxy groups -OCH3 is 2. The van der Waals surface area contributed by atoms with Crippen molar-refractivity contribution in [2.75, 3.05) is 34.0 Å². The molecule has 15 heteroatoms. The molecule has 5 aromatic rings. The highest BCUT2D eigenvalue weighted by molar-refractivity contribution is 7.44. The van der Waals surface area contributed by atoms with Crippen molar-refractivity contribution in [2.45, 2.75) is 76.7 Å². The quantitative estimate of drug-likeness (QED) is 0.0378. The highest BCUT2D eigenvalue weighted by Crippen LogP contribution is 2.52. The summed E-state index contributed by atoms with van der Waals surface area (Å²) in [7, 11) is 1.13. The van der Waals surface area contributed by atoms with Gasteiger partial charge in [0.25, 0.3) is 14.1 Å². The first-order valence-corrected chi connectivity index (χ1v) is 21.5. The summed E-state index contributed by atoms with van der Waals surface area (Å²) in [5, 5.41) is 9.51. The molecule has 6 rings (SSSR count). The number of aromatic amines is 1. The average Bonchev–Trinajstić information content (AvgIpc) is 3.62. The molecule has 326 valence electrons. The van der Waals surface area contributed by atoms with E-state index in [1.54, 1.807) is 51.5 Å². The predicted octanol–water partition coefficient (Wildman–Crippen LogP) is 7.44. The summed E-state index contributed by atoms with van der Waals surface area (Å²) >= 11 is 0. The van der Waals surface area contributed by atoms with Crippen LogP contribution in [0.25, 0.3) is 0 Å². The largest absolute Gasteiger partial charge is 0.497 e. The molecule has 0 saturated carbocycles. The number of nitrogens with one attached hydrogen (secondary N) is 1. The fourth-order valence-electron chi connectivity index (χ4n) is 7.64. The first-order chi connectivity index (χ1) is 29.9. The van der Waals surface area contributed by atoms with E-state index in [0.29, 0.717) is 22.6 Å². The lowest BCUT2D eigenvalue weighted by atomic mass is 9.80. The molecule has 1 saturated heterocycles. The van der Waals surface area contributed by atoms with Gasteiger partial charge in [0.1, 0.15) is 23.7 Å². The molecule has 62 heavy (non-hydrogen) atoms. The first-order valence-electron chi connectivity index (χ1n) is 20.3. The van der Waals surface area contributed by atoms with Gasteiger partial charge in [-0.1, -0.05) is 72.8 Å². The summed E-state index contributed by atoms with van der Waals surface area (Å²) in [5.74, 6) is 0.596. The molecule has 0 amide bonds. The summed E-state index contributed by atoms with van der Waals surface area (Å²) in [5.41, 5.74) is -2.13. The molecule has 1 fully saturated rings. The molecule has 1 aliphatic rings. The highest BCUT2D eigenvalue weighted by atomic mass is 31.2. The lowest BCUT2D eigenvalue weighted by Crippen LogP contribution is -2.57. The zero-order chi connectivity index (χ0) is 44.4. The summed E-state index contributed by atoms with van der Waals surface area (Å²) < 4.78 is 48.4. The molecular formula is C47H53N4O10P. The third kappa shape index (κ3) is 9.69. The Kier molecular flexibility index (Phi) is 15.2. The molecule has 2 heterocycles. The van der Waals surface area contributed by atoms with Crippen LogP contribution in [-0.4, -0.2) is 78.5 Å². The van der Waals surface area contributed by atoms with E-state index in [-0.39, 0.29) is 42.8 Å². The topological polar surface area (TPSA) is 164 Å². The molecular weight excluding hydrogens is 812 g/mol. The minimum absolute atomic E-state index is 0.0352. The summed E-state index contributed by atoms with van der Waals surface area (Å²) in [6.45, 7) is 8.92. The van der Waals surface area contributed by atoms with Crippen molar-refractivity contribution in [3.05, 3.63) is 164 Å². The Balaban J connectivity index is 1.61. The van der Waals surface area contributed by atoms with Crippen LogP contribution >= 0.6 is 8.53 Å². The van der Waals surface area contributed by atoms with Crippen LogP contribution in [0, 0.1) is 18.3 Å². The molecule has 4 atom stereocenters. The van der Waals surface area contributed by atoms with Crippen molar-refractivity contribution in [3.8, 4) is 17.6 Å². The van der Waals surface area contributed by atoms with Gasteiger partial charge in [0.05, 0.1) is 45.5 Å². The normalized spacial score (nSPS) is 18.1. The molecule has 1 aromatic heterocycles. The molecule has 4 aromatic carbocycles. The maximum atomic E-state index is 14.3. The van der Waals surface area contributed by atoms with Crippen molar-refractivity contribution in [3.63, 3.8) is 0 Å². The van der Waals surface area contributed by atoms with E-state index in [1.807, 2.05) is 111 Å². The highest BCUT2D eigenvalue weighted by Gasteiger charge is 2.58. The van der Waals surface area contributed by atoms with Gasteiger partial charge < -0.3 is 32.7 Å². The number of hydrogen-bond donors (Lipinski definition) is 1. The third-order valence-electron chi connectivity index (χ3n) is 10.6. The van der Waals surface area contributed by atoms with Gasteiger partial charge in [-0.25, -0.2) is 14.3 Å². The van der Waals surface area contributed by atoms with Gasteiger partial charge in [0, 0.05) is 23.8 Å². The van der Waals surface area contributed by atoms with Crippen molar-refractivity contribution < 1.29 is 37.5 Å². The number of esters is 1. The maximum Gasteiger partial charge on any atom is 0.338 e. The molecule has 1 unspecified atom stereocenters. The summed E-state index contributed by atoms with van der Waals surface area (Å²) in [4.78, 5) is 43.6. The zero-order valence-corrected chi connectivity index (χ0v) is 36.9. The van der Waals surface area contributed by atoms with Crippen LogP contribution in [0.3, 0.4) is 0 Å². The summed E-state index contributed by atoms with van der Waals surface area (Å²) in [6.07, 6.45) is -0.985. The van der Waals surface area contributed by atoms with Gasteiger partial charge in [-0.15, -0.1) is 0 Å². The number of nitriles is 1. The zero-order valence-electron chi connectivity index (χ0n) is 36.0. The van der Waals surface area contributed by atoms with Crippen LogP contribution in [-0.2, 0) is 34.6 Å². The molecule has 14 nitrogen and oxygen atoms in total. The van der Waals surface area contributed by atoms with Crippen LogP contribution in [0.4, 0.5) is 0 Å². The second-order valence-corrected chi connectivity index (χ2v) is 16.7. The predicted molar refractivity (Wildman–Crippen MR) is 234 cm³/mol. The Morgan fingerprint density at radius 3 is 1.97 bits per heavy atom. The first kappa shape index (κ1) is 45.9. The van der Waals surface area contributed by atoms with E-state index in [0.717, 1.165) is 5.56 Å². The number of nitrogens with zero attached hydrogens (tertiary/aromatic N) is 3. The lowest BCUT2D eigenvalue weighted by molar-refractivity contribution is -0.182. The van der Waals surface area contributed by atoms with Crippen LogP contribution < -0.4 is 20.7 Å². The summed E-state index contributed by atoms with van der Waals surface area (Å²) in [6, 6.07) is 34.9. The molecule has 1 N–H and O–H groups in total. The van der Waals surface area contributed by atoms with Crippen LogP contribution in [0.2, 0.25) is 0 Å². The molecule has 1 aliphatic heterocycles. The monoisotopic (exact) mass is 864 g/mol. The number of H-pyrrole nitrogens is 1. The Morgan fingerprint density at radius 2 is 1.44 bits per heavy atom. The smallest absolute Gasteiger partial charge is 0.338 e. The van der Waals surface area contributed by atoms with Crippen LogP contribution in [0.5, 0.6) is 11.5 Å². The number of ether oxygens (including phenoxy) is 5. The SMILES string of the molecule is COc1ccc(C(OC[C@]2(n3cc(C)c(=O)[nH]c3=O)OC[C@H](OC(=O)c3ccccc3)[C@@H]2OP(OCCC#N)N(C(C)C)C(C)C)(c2ccccc2)c2ccc(OC)cc2)cc1. The minimum Gasteiger partial charge on any atom is -0.497 e. The number of carbonyl (C=O) groups is 1. The Morgan fingerprint density at radius 1 is 0.887 bits per heavy atom. The van der Waals surface area contributed by atoms with Crippen molar-refractivity contribution in [1.29, 1.82) is 5.26 Å². The van der Waals surface area contributed by atoms with Gasteiger partial charge in [-0.05, 0) is 87.7 Å². The van der Waals surface area contributed by atoms with Crippen molar-refractivity contribution >= 4 is 14.5 Å². The van der Waals surface area contributed by atoms with E-state index in [1.165, 1.54) is 10.8 Å². The third-order valence-corrected chi connectivity index (χ3v) is 12.7. The van der Waals surface area contributed by atoms with Gasteiger partial charge in [0.15, 0.2) is 12.2 Å². The van der Waals surface area contributed by atoms with Gasteiger partial charge in [-0.3, -0.25) is 14.3 Å². The standard InChI is InChI=1S/C47H53N4O10P/c1-32(2)51(33(3)4)62(59-28-14-27-48)61-42-41(60-44(53)35-15-10-8-11-16-35)30-57-46(42,50-29-34(5)43(52)49-45(50)54)31-58-47(36-17-12-9-13-18-36,37-19-23-39(55-6)24-20-37)38-21-25-40(56-7)26-22-38/h8-13,15-26,29,32-33,41-42H,14,28,30-31H2,1-7H3,(H,49,52,54)/t41-,42-,46-,62?/m0/s1. The van der Waals surface area contributed by atoms with Crippen LogP contribution in [0.1, 0.15) is 66.7 Å². The number of aromatic nitrogens is 2. The fraction of sp³-hybridized carbons (Fsp3) is 0.362. The van der Waals surface area contributed by atoms with E-state index in [2.05, 4.69) is 11.1 Å². The number of carbonyl (C=O) groups excluding carboxylic acids is 1. The average molecular weight is 865 g/mol. The minimum atomic E-state index is -2.05. The Hall–Kier alpha value is -5.65. The van der Waals surface area contributed by atoms with Crippen molar-refractivity contribution in [1.82, 2.24) is 14.2 Å². The molecule has 0 radical (unpaired) electrons. The second-order valence-electron chi connectivity index (χ2n) is 15.3. The Labute approximate surface area is 362 Å². The Bertz CT molecular complexity index is 2350. The number of rotatable bonds is 19. The number of aryl methyl sites for hydroxylation is 1. The fourth-order valence-corrected chi connectivity index (χ4v) is 9.44. The van der Waals surface area contributed by atoms with Gasteiger partial charge in [0.2, 0.25) is 5.72 Å². The second kappa shape index (κ2) is 20.5. The van der Waals surface area contributed by atoms with Gasteiger partial charge >= 0.3 is 11.7 Å². The van der Waals surface area contributed by atoms with Crippen molar-refractivity contribution in [2.24, 2.45) is 0 Å². The van der Waals surface area contributed by atoms with Crippen LogP contribution in [0.15, 0.2) is 125 Å². The van der Waals surface area contributed by atoms with E-state index in [9.17, 15) is 19.6 Å². The lowest BCUT2D eigenvalue weighted by Gasteiger charge is -2.43. The van der Waals surface area contributed by atoms with E-state index < -0.39 is 55.9 Å². The van der Waals surface area contributed by atoms with Gasteiger partial charge in [-0.2, -0.15) is 5.26 Å². The maximum absolute atomic E-state index is 14.3. The molecule has 0 aliphatic carbocycles. The number of hydrogen-bond acceptors (Lipinski definition) is 12. The van der Waals surface area contributed by atoms with E-state index in [4.69, 9.17) is 32.7 Å². The number of benzene rings is 4. The molecule has 0 spiro atoms. The molecule has 0 bridgehead atoms. The van der Waals surface area contributed by atoms with E-state index >= 15 is 0 Å².